The minimum atomic E-state index is -0.307. The zero-order valence-corrected chi connectivity index (χ0v) is 12.0. The van der Waals surface area contributed by atoms with E-state index in [0.29, 0.717) is 17.3 Å². The van der Waals surface area contributed by atoms with Crippen LogP contribution >= 0.6 is 0 Å². The van der Waals surface area contributed by atoms with Crippen molar-refractivity contribution in [2.75, 3.05) is 12.4 Å². The lowest BCUT2D eigenvalue weighted by molar-refractivity contribution is 0.102. The van der Waals surface area contributed by atoms with Crippen LogP contribution in [0.15, 0.2) is 24.4 Å². The van der Waals surface area contributed by atoms with E-state index in [0.717, 1.165) is 16.5 Å². The molecule has 2 heterocycles. The standard InChI is InChI=1S/C14H15N5O2/c1-8-4-5-10-9(6-8)12(17-16-10)13(20)15-11-7-19(2)18-14(11)21-3/h4-7H,1-3H3,(H,15,20)(H,16,17). The number of aromatic amines is 1. The van der Waals surface area contributed by atoms with Gasteiger partial charge in [0.05, 0.1) is 18.8 Å². The van der Waals surface area contributed by atoms with Gasteiger partial charge in [0.15, 0.2) is 5.69 Å². The summed E-state index contributed by atoms with van der Waals surface area (Å²) in [4.78, 5) is 12.4. The van der Waals surface area contributed by atoms with Crippen molar-refractivity contribution >= 4 is 22.5 Å². The largest absolute Gasteiger partial charge is 0.478 e. The number of anilines is 1. The molecule has 1 amide bonds. The highest BCUT2D eigenvalue weighted by atomic mass is 16.5. The van der Waals surface area contributed by atoms with Crippen LogP contribution < -0.4 is 10.1 Å². The van der Waals surface area contributed by atoms with Gasteiger partial charge >= 0.3 is 0 Å². The van der Waals surface area contributed by atoms with Crippen LogP contribution in [0.5, 0.6) is 5.88 Å². The number of hydrogen-bond acceptors (Lipinski definition) is 4. The predicted octanol–water partition coefficient (Wildman–Crippen LogP) is 1.87. The van der Waals surface area contributed by atoms with Crippen LogP contribution in [0.1, 0.15) is 16.1 Å². The third-order valence-corrected chi connectivity index (χ3v) is 3.17. The van der Waals surface area contributed by atoms with E-state index in [9.17, 15) is 4.79 Å². The van der Waals surface area contributed by atoms with Gasteiger partial charge in [-0.2, -0.15) is 5.10 Å². The first kappa shape index (κ1) is 13.2. The topological polar surface area (TPSA) is 84.8 Å². The Balaban J connectivity index is 1.95. The highest BCUT2D eigenvalue weighted by Gasteiger charge is 2.17. The summed E-state index contributed by atoms with van der Waals surface area (Å²) in [5, 5.41) is 14.6. The summed E-state index contributed by atoms with van der Waals surface area (Å²) in [6.07, 6.45) is 1.68. The lowest BCUT2D eigenvalue weighted by atomic mass is 10.1. The number of hydrogen-bond donors (Lipinski definition) is 2. The average molecular weight is 285 g/mol. The van der Waals surface area contributed by atoms with Crippen LogP contribution in [0.4, 0.5) is 5.69 Å². The fourth-order valence-corrected chi connectivity index (χ4v) is 2.19. The molecule has 0 aliphatic heterocycles. The molecule has 0 aliphatic carbocycles. The molecule has 1 aromatic carbocycles. The lowest BCUT2D eigenvalue weighted by Gasteiger charge is -2.02. The van der Waals surface area contributed by atoms with Gasteiger partial charge in [0, 0.05) is 12.4 Å². The van der Waals surface area contributed by atoms with E-state index in [1.54, 1.807) is 17.9 Å². The first-order valence-corrected chi connectivity index (χ1v) is 6.42. The van der Waals surface area contributed by atoms with Gasteiger partial charge in [-0.25, -0.2) is 0 Å². The summed E-state index contributed by atoms with van der Waals surface area (Å²) in [6.45, 7) is 1.97. The van der Waals surface area contributed by atoms with Gasteiger partial charge in [-0.3, -0.25) is 14.6 Å². The van der Waals surface area contributed by atoms with Gasteiger partial charge in [0.1, 0.15) is 5.69 Å². The fourth-order valence-electron chi connectivity index (χ4n) is 2.19. The Bertz CT molecular complexity index is 818. The van der Waals surface area contributed by atoms with Crippen molar-refractivity contribution in [1.29, 1.82) is 0 Å². The van der Waals surface area contributed by atoms with Crippen LogP contribution in [0.25, 0.3) is 10.9 Å². The Hall–Kier alpha value is -2.83. The summed E-state index contributed by atoms with van der Waals surface area (Å²) in [5.74, 6) is 0.0556. The van der Waals surface area contributed by atoms with Crippen molar-refractivity contribution in [2.45, 2.75) is 6.92 Å². The number of fused-ring (bicyclic) bond motifs is 1. The van der Waals surface area contributed by atoms with Gasteiger partial charge in [-0.1, -0.05) is 11.6 Å². The molecule has 21 heavy (non-hydrogen) atoms. The molecule has 0 fully saturated rings. The molecule has 0 aliphatic rings. The molecule has 3 rings (SSSR count). The summed E-state index contributed by atoms with van der Waals surface area (Å²) in [5.41, 5.74) is 2.74. The van der Waals surface area contributed by atoms with E-state index < -0.39 is 0 Å². The first-order chi connectivity index (χ1) is 10.1. The van der Waals surface area contributed by atoms with Gasteiger partial charge < -0.3 is 10.1 Å². The maximum absolute atomic E-state index is 12.4. The number of nitrogens with one attached hydrogen (secondary N) is 2. The Kier molecular flexibility index (Phi) is 3.09. The molecule has 0 radical (unpaired) electrons. The number of amides is 1. The molecule has 2 N–H and O–H groups in total. The van der Waals surface area contributed by atoms with E-state index in [1.807, 2.05) is 25.1 Å². The second-order valence-corrected chi connectivity index (χ2v) is 4.80. The van der Waals surface area contributed by atoms with Gasteiger partial charge in [-0.15, -0.1) is 5.10 Å². The second-order valence-electron chi connectivity index (χ2n) is 4.80. The SMILES string of the molecule is COc1nn(C)cc1NC(=O)c1n[nH]c2ccc(C)cc12. The minimum Gasteiger partial charge on any atom is -0.478 e. The van der Waals surface area contributed by atoms with E-state index in [-0.39, 0.29) is 5.91 Å². The lowest BCUT2D eigenvalue weighted by Crippen LogP contribution is -2.13. The van der Waals surface area contributed by atoms with Crippen LogP contribution in [0.2, 0.25) is 0 Å². The number of methoxy groups -OCH3 is 1. The number of aryl methyl sites for hydroxylation is 2. The number of aromatic nitrogens is 4. The number of nitrogens with zero attached hydrogens (tertiary/aromatic N) is 3. The van der Waals surface area contributed by atoms with Crippen LogP contribution in [0, 0.1) is 6.92 Å². The zero-order valence-electron chi connectivity index (χ0n) is 12.0. The summed E-state index contributed by atoms with van der Waals surface area (Å²) < 4.78 is 6.69. The van der Waals surface area contributed by atoms with E-state index in [1.165, 1.54) is 7.11 Å². The monoisotopic (exact) mass is 285 g/mol. The molecule has 3 aromatic rings. The number of benzene rings is 1. The van der Waals surface area contributed by atoms with Gasteiger partial charge in [-0.05, 0) is 19.1 Å². The summed E-state index contributed by atoms with van der Waals surface area (Å²) in [6, 6.07) is 5.79. The number of ether oxygens (including phenoxy) is 1. The predicted molar refractivity (Wildman–Crippen MR) is 78.5 cm³/mol. The van der Waals surface area contributed by atoms with E-state index >= 15 is 0 Å². The highest BCUT2D eigenvalue weighted by Crippen LogP contribution is 2.23. The molecule has 7 heteroatoms. The zero-order chi connectivity index (χ0) is 15.0. The number of carbonyl (C=O) groups is 1. The normalized spacial score (nSPS) is 10.8. The van der Waals surface area contributed by atoms with Gasteiger partial charge in [0.2, 0.25) is 0 Å². The summed E-state index contributed by atoms with van der Waals surface area (Å²) in [7, 11) is 3.26. The smallest absolute Gasteiger partial charge is 0.276 e. The molecule has 2 aromatic heterocycles. The van der Waals surface area contributed by atoms with Crippen molar-refractivity contribution < 1.29 is 9.53 Å². The van der Waals surface area contributed by atoms with Crippen LogP contribution in [-0.2, 0) is 7.05 Å². The molecule has 0 saturated heterocycles. The highest BCUT2D eigenvalue weighted by molar-refractivity contribution is 6.11. The van der Waals surface area contributed by atoms with E-state index in [2.05, 4.69) is 20.6 Å². The minimum absolute atomic E-state index is 0.307. The average Bonchev–Trinajstić information content (AvgIpc) is 3.01. The molecular formula is C14H15N5O2. The van der Waals surface area contributed by atoms with Crippen LogP contribution in [0.3, 0.4) is 0 Å². The Morgan fingerprint density at radius 3 is 3.00 bits per heavy atom. The number of rotatable bonds is 3. The van der Waals surface area contributed by atoms with Crippen LogP contribution in [-0.4, -0.2) is 33.0 Å². The third-order valence-electron chi connectivity index (χ3n) is 3.17. The van der Waals surface area contributed by atoms with Crippen molar-refractivity contribution in [3.63, 3.8) is 0 Å². The quantitative estimate of drug-likeness (QED) is 0.769. The molecule has 0 atom stereocenters. The molecule has 0 bridgehead atoms. The molecule has 0 unspecified atom stereocenters. The molecular weight excluding hydrogens is 270 g/mol. The van der Waals surface area contributed by atoms with Crippen molar-refractivity contribution in [2.24, 2.45) is 7.05 Å². The molecule has 108 valence electrons. The maximum atomic E-state index is 12.4. The second kappa shape index (κ2) is 4.93. The van der Waals surface area contributed by atoms with Crippen molar-refractivity contribution in [1.82, 2.24) is 20.0 Å². The maximum Gasteiger partial charge on any atom is 0.276 e. The Labute approximate surface area is 120 Å². The van der Waals surface area contributed by atoms with Crippen molar-refractivity contribution in [3.05, 3.63) is 35.7 Å². The molecule has 0 saturated carbocycles. The number of H-pyrrole nitrogens is 1. The Morgan fingerprint density at radius 2 is 2.24 bits per heavy atom. The number of carbonyl (C=O) groups excluding carboxylic acids is 1. The molecule has 7 nitrogen and oxygen atoms in total. The fraction of sp³-hybridized carbons (Fsp3) is 0.214. The van der Waals surface area contributed by atoms with E-state index in [4.69, 9.17) is 4.74 Å². The third kappa shape index (κ3) is 2.33. The van der Waals surface area contributed by atoms with Crippen molar-refractivity contribution in [3.8, 4) is 5.88 Å². The summed E-state index contributed by atoms with van der Waals surface area (Å²) >= 11 is 0. The molecule has 0 spiro atoms. The van der Waals surface area contributed by atoms with Gasteiger partial charge in [0.25, 0.3) is 11.8 Å². The Morgan fingerprint density at radius 1 is 1.43 bits per heavy atom. The first-order valence-electron chi connectivity index (χ1n) is 6.42.